The lowest BCUT2D eigenvalue weighted by Crippen LogP contribution is -2.04. The molecule has 0 unspecified atom stereocenters. The van der Waals surface area contributed by atoms with Gasteiger partial charge in [-0.05, 0) is 194 Å². The standard InChI is InChI=1S/C70H40F12/c71-67(72,73)54-19-7-15-47(34-54)41-23-27-43(28-24-41)59-38-52(50-18-10-22-57(37-50)70(80,81)82)39-60-64(45-13-5-2-6-14-45)66-61(63(65(59)60)44-11-3-1-4-12-44)40-53-33-51(49-17-9-21-56(36-49)69(77,78)79)31-32-58(53)62(66)46-29-25-42(26-30-46)48-16-8-20-55(35-48)68(74,75)76/h1-40H. The van der Waals surface area contributed by atoms with Crippen LogP contribution in [-0.2, 0) is 24.7 Å². The number of hydrogen-bond acceptors (Lipinski definition) is 0. The van der Waals surface area contributed by atoms with Crippen molar-refractivity contribution in [1.82, 2.24) is 0 Å². The number of rotatable bonds is 8. The molecule has 0 N–H and O–H groups in total. The first-order chi connectivity index (χ1) is 39.2. The normalized spacial score (nSPS) is 12.4. The molecule has 0 atom stereocenters. The van der Waals surface area contributed by atoms with Crippen LogP contribution in [0.4, 0.5) is 52.7 Å². The highest BCUT2D eigenvalue weighted by molar-refractivity contribution is 6.31. The molecule has 0 heterocycles. The monoisotopic (exact) mass is 1110 g/mol. The molecule has 0 radical (unpaired) electrons. The molecule has 404 valence electrons. The van der Waals surface area contributed by atoms with Gasteiger partial charge in [0.1, 0.15) is 0 Å². The third-order valence-corrected chi connectivity index (χ3v) is 14.9. The first kappa shape index (κ1) is 53.2. The van der Waals surface area contributed by atoms with Crippen molar-refractivity contribution in [1.29, 1.82) is 0 Å². The van der Waals surface area contributed by atoms with Crippen molar-refractivity contribution in [2.45, 2.75) is 24.7 Å². The summed E-state index contributed by atoms with van der Waals surface area (Å²) in [5.74, 6) is 0. The molecule has 0 aliphatic heterocycles. The van der Waals surface area contributed by atoms with Crippen LogP contribution in [0.25, 0.3) is 121 Å². The van der Waals surface area contributed by atoms with Crippen LogP contribution in [0.2, 0.25) is 0 Å². The maximum atomic E-state index is 14.6. The van der Waals surface area contributed by atoms with Crippen LogP contribution in [0.5, 0.6) is 0 Å². The fourth-order valence-electron chi connectivity index (χ4n) is 11.1. The van der Waals surface area contributed by atoms with Crippen LogP contribution in [0.1, 0.15) is 22.3 Å². The summed E-state index contributed by atoms with van der Waals surface area (Å²) in [4.78, 5) is 0. The van der Waals surface area contributed by atoms with Crippen LogP contribution in [-0.4, -0.2) is 0 Å². The van der Waals surface area contributed by atoms with Gasteiger partial charge in [-0.3, -0.25) is 0 Å². The quantitative estimate of drug-likeness (QED) is 0.105. The summed E-state index contributed by atoms with van der Waals surface area (Å²) >= 11 is 0. The lowest BCUT2D eigenvalue weighted by molar-refractivity contribution is -0.138. The van der Waals surface area contributed by atoms with E-state index in [4.69, 9.17) is 0 Å². The molecule has 0 saturated heterocycles. The van der Waals surface area contributed by atoms with E-state index in [1.807, 2.05) is 103 Å². The summed E-state index contributed by atoms with van der Waals surface area (Å²) in [6, 6.07) is 63.7. The number of fused-ring (bicyclic) bond motifs is 3. The zero-order chi connectivity index (χ0) is 57.3. The summed E-state index contributed by atoms with van der Waals surface area (Å²) in [6.45, 7) is 0. The number of hydrogen-bond donors (Lipinski definition) is 0. The zero-order valence-corrected chi connectivity index (χ0v) is 42.6. The molecule has 12 heteroatoms. The summed E-state index contributed by atoms with van der Waals surface area (Å²) in [5.41, 5.74) is 4.76. The van der Waals surface area contributed by atoms with Gasteiger partial charge < -0.3 is 0 Å². The summed E-state index contributed by atoms with van der Waals surface area (Å²) in [5, 5.41) is 3.87. The van der Waals surface area contributed by atoms with E-state index in [1.165, 1.54) is 24.3 Å². The predicted octanol–water partition coefficient (Wildman–Crippen LogP) is 22.6. The third kappa shape index (κ3) is 10.1. The largest absolute Gasteiger partial charge is 0.416 e. The van der Waals surface area contributed by atoms with Crippen molar-refractivity contribution >= 4 is 32.3 Å². The Morgan fingerprint density at radius 1 is 0.195 bits per heavy atom. The van der Waals surface area contributed by atoms with Gasteiger partial charge >= 0.3 is 24.7 Å². The van der Waals surface area contributed by atoms with Crippen LogP contribution in [0.15, 0.2) is 243 Å². The maximum absolute atomic E-state index is 14.6. The molecule has 82 heavy (non-hydrogen) atoms. The minimum absolute atomic E-state index is 0.241. The maximum Gasteiger partial charge on any atom is 0.416 e. The van der Waals surface area contributed by atoms with Crippen LogP contribution in [0.3, 0.4) is 0 Å². The molecule has 12 aromatic carbocycles. The van der Waals surface area contributed by atoms with Crippen molar-refractivity contribution in [3.63, 3.8) is 0 Å². The highest BCUT2D eigenvalue weighted by atomic mass is 19.4. The molecule has 12 rings (SSSR count). The molecule has 0 spiro atoms. The minimum atomic E-state index is -4.70. The first-order valence-corrected chi connectivity index (χ1v) is 25.7. The summed E-state index contributed by atoms with van der Waals surface area (Å²) in [7, 11) is 0. The van der Waals surface area contributed by atoms with Crippen LogP contribution < -0.4 is 0 Å². The first-order valence-electron chi connectivity index (χ1n) is 25.7. The average molecular weight is 1110 g/mol. The Morgan fingerprint density at radius 2 is 0.512 bits per heavy atom. The van der Waals surface area contributed by atoms with Gasteiger partial charge in [-0.25, -0.2) is 0 Å². The second-order valence-electron chi connectivity index (χ2n) is 20.0. The van der Waals surface area contributed by atoms with Crippen LogP contribution in [0, 0.1) is 0 Å². The fraction of sp³-hybridized carbons (Fsp3) is 0.0571. The van der Waals surface area contributed by atoms with Gasteiger partial charge in [-0.2, -0.15) is 52.7 Å². The third-order valence-electron chi connectivity index (χ3n) is 14.9. The lowest BCUT2D eigenvalue weighted by Gasteiger charge is -2.25. The molecular formula is C70H40F12. The summed E-state index contributed by atoms with van der Waals surface area (Å²) in [6.07, 6.45) is -18.5. The predicted molar refractivity (Wildman–Crippen MR) is 302 cm³/mol. The average Bonchev–Trinajstić information content (AvgIpc) is 1.24. The van der Waals surface area contributed by atoms with E-state index >= 15 is 0 Å². The fourth-order valence-corrected chi connectivity index (χ4v) is 11.1. The Kier molecular flexibility index (Phi) is 13.2. The topological polar surface area (TPSA) is 0 Å². The van der Waals surface area contributed by atoms with Gasteiger partial charge in [0.05, 0.1) is 22.3 Å². The molecule has 0 saturated carbocycles. The molecule has 12 aromatic rings. The van der Waals surface area contributed by atoms with Gasteiger partial charge in [0.15, 0.2) is 0 Å². The van der Waals surface area contributed by atoms with Crippen molar-refractivity contribution in [2.24, 2.45) is 0 Å². The SMILES string of the molecule is FC(F)(F)c1cccc(-c2ccc(-c3cc(-c4cccc(C(F)(F)F)c4)cc4c(-c5ccccc5)c5c(-c6ccc(-c7cccc(C(F)(F)F)c7)cc6)c6ccc(-c7cccc(C(F)(F)F)c7)cc6cc5c(-c5ccccc5)c34)cc2)c1. The molecular weight excluding hydrogens is 1070 g/mol. The Balaban J connectivity index is 1.24. The minimum Gasteiger partial charge on any atom is -0.166 e. The summed E-state index contributed by atoms with van der Waals surface area (Å²) < 4.78 is 171. The van der Waals surface area contributed by atoms with E-state index in [1.54, 1.807) is 66.7 Å². The molecule has 0 aliphatic rings. The van der Waals surface area contributed by atoms with Gasteiger partial charge in [0.2, 0.25) is 0 Å². The number of benzene rings is 12. The van der Waals surface area contributed by atoms with Crippen LogP contribution >= 0.6 is 0 Å². The Bertz CT molecular complexity index is 4400. The molecule has 0 fully saturated rings. The number of halogens is 12. The van der Waals surface area contributed by atoms with E-state index in [0.29, 0.717) is 116 Å². The van der Waals surface area contributed by atoms with E-state index in [9.17, 15) is 52.7 Å². The van der Waals surface area contributed by atoms with E-state index in [2.05, 4.69) is 0 Å². The molecule has 0 bridgehead atoms. The highest BCUT2D eigenvalue weighted by Crippen LogP contribution is 2.53. The molecule has 0 aromatic heterocycles. The van der Waals surface area contributed by atoms with E-state index in [0.717, 1.165) is 48.5 Å². The Morgan fingerprint density at radius 3 is 0.951 bits per heavy atom. The van der Waals surface area contributed by atoms with Crippen molar-refractivity contribution in [3.8, 4) is 89.0 Å². The van der Waals surface area contributed by atoms with E-state index < -0.39 is 47.0 Å². The molecule has 0 nitrogen and oxygen atoms in total. The highest BCUT2D eigenvalue weighted by Gasteiger charge is 2.34. The Hall–Kier alpha value is -9.42. The smallest absolute Gasteiger partial charge is 0.166 e. The lowest BCUT2D eigenvalue weighted by atomic mass is 9.78. The second-order valence-corrected chi connectivity index (χ2v) is 20.0. The second kappa shape index (κ2) is 20.3. The van der Waals surface area contributed by atoms with Gasteiger partial charge in [-0.15, -0.1) is 0 Å². The molecule has 0 aliphatic carbocycles. The van der Waals surface area contributed by atoms with Gasteiger partial charge in [0, 0.05) is 0 Å². The molecule has 0 amide bonds. The van der Waals surface area contributed by atoms with Crippen molar-refractivity contribution in [2.75, 3.05) is 0 Å². The Labute approximate surface area is 461 Å². The van der Waals surface area contributed by atoms with E-state index in [-0.39, 0.29) is 5.56 Å². The van der Waals surface area contributed by atoms with Crippen molar-refractivity contribution in [3.05, 3.63) is 265 Å². The number of alkyl halides is 12. The van der Waals surface area contributed by atoms with Crippen molar-refractivity contribution < 1.29 is 52.7 Å². The van der Waals surface area contributed by atoms with Gasteiger partial charge in [-0.1, -0.05) is 170 Å². The zero-order valence-electron chi connectivity index (χ0n) is 42.6. The van der Waals surface area contributed by atoms with Gasteiger partial charge in [0.25, 0.3) is 0 Å².